The highest BCUT2D eigenvalue weighted by Gasteiger charge is 2.11. The number of carbonyl (C=O) groups is 1. The van der Waals surface area contributed by atoms with Gasteiger partial charge in [-0.25, -0.2) is 5.43 Å². The number of hydrogen-bond acceptors (Lipinski definition) is 4. The molecule has 1 N–H and O–H groups in total. The predicted octanol–water partition coefficient (Wildman–Crippen LogP) is 4.00. The van der Waals surface area contributed by atoms with E-state index < -0.39 is 5.91 Å². The molecule has 0 saturated heterocycles. The number of ether oxygens (including phenoxy) is 1. The van der Waals surface area contributed by atoms with Crippen LogP contribution in [0, 0.1) is 0 Å². The van der Waals surface area contributed by atoms with E-state index in [-0.39, 0.29) is 5.76 Å². The molecule has 0 spiro atoms. The Hall–Kier alpha value is -3.80. The molecule has 0 aliphatic heterocycles. The smallest absolute Gasteiger partial charge is 0.307 e. The number of methoxy groups -OCH3 is 1. The Morgan fingerprint density at radius 3 is 2.70 bits per heavy atom. The Kier molecular flexibility index (Phi) is 4.45. The minimum atomic E-state index is -0.398. The van der Waals surface area contributed by atoms with E-state index in [0.717, 1.165) is 22.5 Å². The number of nitrogens with one attached hydrogen (secondary N) is 1. The summed E-state index contributed by atoms with van der Waals surface area (Å²) in [5.74, 6) is 0.614. The van der Waals surface area contributed by atoms with Gasteiger partial charge in [-0.05, 0) is 48.5 Å². The summed E-state index contributed by atoms with van der Waals surface area (Å²) in [5, 5.41) is 4.93. The van der Waals surface area contributed by atoms with Crippen molar-refractivity contribution in [3.05, 3.63) is 84.4 Å². The number of benzene rings is 2. The molecule has 0 unspecified atom stereocenters. The Labute approximate surface area is 155 Å². The summed E-state index contributed by atoms with van der Waals surface area (Å²) < 4.78 is 12.7. The van der Waals surface area contributed by atoms with Crippen LogP contribution in [0.15, 0.2) is 82.4 Å². The van der Waals surface area contributed by atoms with Gasteiger partial charge in [-0.2, -0.15) is 5.10 Å². The summed E-state index contributed by atoms with van der Waals surface area (Å²) in [6.07, 6.45) is 3.51. The lowest BCUT2D eigenvalue weighted by Gasteiger charge is -2.07. The minimum Gasteiger partial charge on any atom is -0.497 e. The van der Waals surface area contributed by atoms with Crippen molar-refractivity contribution in [1.29, 1.82) is 0 Å². The van der Waals surface area contributed by atoms with Crippen LogP contribution in [0.3, 0.4) is 0 Å². The van der Waals surface area contributed by atoms with Crippen LogP contribution < -0.4 is 10.2 Å². The van der Waals surface area contributed by atoms with E-state index >= 15 is 0 Å². The lowest BCUT2D eigenvalue weighted by atomic mass is 10.2. The number of para-hydroxylation sites is 1. The standard InChI is InChI=1S/C21H17N3O3/c1-26-18-10-8-16(9-11-18)24-12-4-6-17(24)14-22-23-21(25)20-13-15-5-2-3-7-19(15)27-20/h2-14H,1H3,(H,23,25)/b22-14+. The van der Waals surface area contributed by atoms with Crippen LogP contribution in [0.5, 0.6) is 5.75 Å². The van der Waals surface area contributed by atoms with E-state index in [1.54, 1.807) is 19.4 Å². The van der Waals surface area contributed by atoms with Gasteiger partial charge in [0.2, 0.25) is 0 Å². The number of aromatic nitrogens is 1. The maximum Gasteiger partial charge on any atom is 0.307 e. The zero-order valence-electron chi connectivity index (χ0n) is 14.6. The van der Waals surface area contributed by atoms with Gasteiger partial charge in [0.15, 0.2) is 5.76 Å². The summed E-state index contributed by atoms with van der Waals surface area (Å²) in [7, 11) is 1.63. The normalized spacial score (nSPS) is 11.1. The van der Waals surface area contributed by atoms with Crippen molar-refractivity contribution < 1.29 is 13.9 Å². The summed E-state index contributed by atoms with van der Waals surface area (Å²) in [4.78, 5) is 12.2. The minimum absolute atomic E-state index is 0.221. The van der Waals surface area contributed by atoms with Crippen molar-refractivity contribution in [3.8, 4) is 11.4 Å². The van der Waals surface area contributed by atoms with Gasteiger partial charge in [0.25, 0.3) is 0 Å². The van der Waals surface area contributed by atoms with E-state index in [9.17, 15) is 4.79 Å². The Bertz CT molecular complexity index is 1070. The van der Waals surface area contributed by atoms with Crippen LogP contribution in [0.2, 0.25) is 0 Å². The highest BCUT2D eigenvalue weighted by atomic mass is 16.5. The molecular weight excluding hydrogens is 342 g/mol. The molecule has 0 radical (unpaired) electrons. The molecule has 2 aromatic carbocycles. The van der Waals surface area contributed by atoms with E-state index in [4.69, 9.17) is 9.15 Å². The molecule has 0 fully saturated rings. The van der Waals surface area contributed by atoms with Crippen LogP contribution >= 0.6 is 0 Å². The summed E-state index contributed by atoms with van der Waals surface area (Å²) >= 11 is 0. The van der Waals surface area contributed by atoms with Gasteiger partial charge < -0.3 is 13.7 Å². The molecule has 2 aromatic heterocycles. The third-order valence-corrected chi connectivity index (χ3v) is 4.14. The molecule has 6 heteroatoms. The van der Waals surface area contributed by atoms with E-state index in [1.807, 2.05) is 71.4 Å². The zero-order chi connectivity index (χ0) is 18.6. The maximum absolute atomic E-state index is 12.2. The van der Waals surface area contributed by atoms with Gasteiger partial charge in [-0.15, -0.1) is 0 Å². The first-order chi connectivity index (χ1) is 13.2. The topological polar surface area (TPSA) is 68.8 Å². The first-order valence-electron chi connectivity index (χ1n) is 8.38. The van der Waals surface area contributed by atoms with E-state index in [0.29, 0.717) is 5.58 Å². The lowest BCUT2D eigenvalue weighted by Crippen LogP contribution is -2.17. The van der Waals surface area contributed by atoms with Crippen molar-refractivity contribution in [2.24, 2.45) is 5.10 Å². The van der Waals surface area contributed by atoms with Gasteiger partial charge in [0, 0.05) is 17.3 Å². The van der Waals surface area contributed by atoms with Crippen LogP contribution in [0.1, 0.15) is 16.2 Å². The Balaban J connectivity index is 1.48. The second-order valence-electron chi connectivity index (χ2n) is 5.85. The average molecular weight is 359 g/mol. The Morgan fingerprint density at radius 2 is 1.93 bits per heavy atom. The quantitative estimate of drug-likeness (QED) is 0.433. The van der Waals surface area contributed by atoms with Crippen molar-refractivity contribution in [2.75, 3.05) is 7.11 Å². The van der Waals surface area contributed by atoms with Crippen molar-refractivity contribution >= 4 is 23.1 Å². The fraction of sp³-hybridized carbons (Fsp3) is 0.0476. The SMILES string of the molecule is COc1ccc(-n2cccc2/C=N/NC(=O)c2cc3ccccc3o2)cc1. The highest BCUT2D eigenvalue weighted by molar-refractivity contribution is 5.96. The molecule has 0 aliphatic carbocycles. The number of hydrogen-bond donors (Lipinski definition) is 1. The van der Waals surface area contributed by atoms with Crippen molar-refractivity contribution in [2.45, 2.75) is 0 Å². The first-order valence-corrected chi connectivity index (χ1v) is 8.38. The molecule has 0 atom stereocenters. The molecule has 4 aromatic rings. The summed E-state index contributed by atoms with van der Waals surface area (Å²) in [6.45, 7) is 0. The van der Waals surface area contributed by atoms with Gasteiger partial charge in [0.05, 0.1) is 19.0 Å². The largest absolute Gasteiger partial charge is 0.497 e. The molecule has 0 aliphatic rings. The third-order valence-electron chi connectivity index (χ3n) is 4.14. The first kappa shape index (κ1) is 16.7. The summed E-state index contributed by atoms with van der Waals surface area (Å²) in [5.41, 5.74) is 4.95. The second-order valence-corrected chi connectivity index (χ2v) is 5.85. The molecule has 0 saturated carbocycles. The van der Waals surface area contributed by atoms with Gasteiger partial charge in [-0.1, -0.05) is 18.2 Å². The maximum atomic E-state index is 12.2. The predicted molar refractivity (Wildman–Crippen MR) is 104 cm³/mol. The lowest BCUT2D eigenvalue weighted by molar-refractivity contribution is 0.0929. The number of nitrogens with zero attached hydrogens (tertiary/aromatic N) is 2. The van der Waals surface area contributed by atoms with Gasteiger partial charge in [-0.3, -0.25) is 4.79 Å². The van der Waals surface area contributed by atoms with Crippen LogP contribution in [-0.2, 0) is 0 Å². The number of fused-ring (bicyclic) bond motifs is 1. The average Bonchev–Trinajstić information content (AvgIpc) is 3.35. The fourth-order valence-corrected chi connectivity index (χ4v) is 2.78. The molecule has 0 bridgehead atoms. The van der Waals surface area contributed by atoms with Gasteiger partial charge in [0.1, 0.15) is 11.3 Å². The number of amides is 1. The van der Waals surface area contributed by atoms with E-state index in [1.165, 1.54) is 0 Å². The second kappa shape index (κ2) is 7.21. The highest BCUT2D eigenvalue weighted by Crippen LogP contribution is 2.19. The van der Waals surface area contributed by atoms with Crippen LogP contribution in [0.25, 0.3) is 16.7 Å². The van der Waals surface area contributed by atoms with Crippen molar-refractivity contribution in [1.82, 2.24) is 9.99 Å². The molecule has 4 rings (SSSR count). The molecular formula is C21H17N3O3. The number of hydrazone groups is 1. The molecule has 6 nitrogen and oxygen atoms in total. The van der Waals surface area contributed by atoms with E-state index in [2.05, 4.69) is 10.5 Å². The number of carbonyl (C=O) groups excluding carboxylic acids is 1. The van der Waals surface area contributed by atoms with Crippen LogP contribution in [0.4, 0.5) is 0 Å². The van der Waals surface area contributed by atoms with Crippen molar-refractivity contribution in [3.63, 3.8) is 0 Å². The van der Waals surface area contributed by atoms with Crippen LogP contribution in [-0.4, -0.2) is 23.8 Å². The number of rotatable bonds is 5. The monoisotopic (exact) mass is 359 g/mol. The van der Waals surface area contributed by atoms with Gasteiger partial charge >= 0.3 is 5.91 Å². The molecule has 27 heavy (non-hydrogen) atoms. The number of furan rings is 1. The molecule has 1 amide bonds. The molecule has 2 heterocycles. The molecule has 134 valence electrons. The third kappa shape index (κ3) is 3.46. The zero-order valence-corrected chi connectivity index (χ0v) is 14.6. The fourth-order valence-electron chi connectivity index (χ4n) is 2.78. The summed E-state index contributed by atoms with van der Waals surface area (Å²) in [6, 6.07) is 20.6. The Morgan fingerprint density at radius 1 is 1.11 bits per heavy atom.